The van der Waals surface area contributed by atoms with Gasteiger partial charge in [-0.2, -0.15) is 0 Å². The topological polar surface area (TPSA) is 102 Å². The highest BCUT2D eigenvalue weighted by atomic mass is 16.5. The fourth-order valence-corrected chi connectivity index (χ4v) is 4.52. The number of methoxy groups -OCH3 is 1. The van der Waals surface area contributed by atoms with Gasteiger partial charge in [-0.1, -0.05) is 25.0 Å². The number of nitrogens with zero attached hydrogens (tertiary/aromatic N) is 1. The van der Waals surface area contributed by atoms with Crippen molar-refractivity contribution >= 4 is 29.4 Å². The number of carbonyl (C=O) groups is 4. The number of likely N-dealkylation sites (tertiary alicyclic amines) is 1. The van der Waals surface area contributed by atoms with Gasteiger partial charge in [0.05, 0.1) is 25.4 Å². The summed E-state index contributed by atoms with van der Waals surface area (Å²) in [7, 11) is 1.58. The second-order valence-corrected chi connectivity index (χ2v) is 8.62. The molecule has 2 aliphatic rings. The molecule has 2 unspecified atom stereocenters. The smallest absolute Gasteiger partial charge is 0.307 e. The first-order chi connectivity index (χ1) is 16.5. The number of fused-ring (bicyclic) bond motifs is 1. The summed E-state index contributed by atoms with van der Waals surface area (Å²) in [6, 6.07) is 13.8. The van der Waals surface area contributed by atoms with E-state index in [2.05, 4.69) is 5.32 Å². The van der Waals surface area contributed by atoms with Crippen LogP contribution in [0, 0.1) is 11.8 Å². The van der Waals surface area contributed by atoms with E-state index in [1.165, 1.54) is 4.90 Å². The summed E-state index contributed by atoms with van der Waals surface area (Å²) in [6.07, 6.45) is 3.42. The molecule has 1 aliphatic carbocycles. The van der Waals surface area contributed by atoms with Crippen molar-refractivity contribution in [2.45, 2.75) is 38.7 Å². The van der Waals surface area contributed by atoms with Gasteiger partial charge < -0.3 is 14.8 Å². The maximum absolute atomic E-state index is 12.5. The molecule has 0 spiro atoms. The van der Waals surface area contributed by atoms with Gasteiger partial charge in [-0.15, -0.1) is 0 Å². The number of imide groups is 1. The Morgan fingerprint density at radius 3 is 2.15 bits per heavy atom. The number of benzene rings is 2. The maximum Gasteiger partial charge on any atom is 0.307 e. The largest absolute Gasteiger partial charge is 0.497 e. The van der Waals surface area contributed by atoms with Gasteiger partial charge in [0.25, 0.3) is 5.91 Å². The molecular formula is C26H28N2O6. The Kier molecular flexibility index (Phi) is 7.25. The standard InChI is InChI=1S/C26H28N2O6/c1-33-20-12-10-19(11-13-20)27-24(30)18-8-6-17(7-9-18)16-34-23(29)14-15-28-25(31)21-4-2-3-5-22(21)26(28)32/h6-13,21-22H,2-5,14-16H2,1H3,(H,27,30). The lowest BCUT2D eigenvalue weighted by Crippen LogP contribution is -2.33. The van der Waals surface area contributed by atoms with Gasteiger partial charge in [0.2, 0.25) is 11.8 Å². The average molecular weight is 465 g/mol. The number of hydrogen-bond donors (Lipinski definition) is 1. The molecular weight excluding hydrogens is 436 g/mol. The molecule has 2 atom stereocenters. The zero-order valence-electron chi connectivity index (χ0n) is 19.1. The predicted octanol–water partition coefficient (Wildman–Crippen LogP) is 3.56. The van der Waals surface area contributed by atoms with Crippen molar-refractivity contribution < 1.29 is 28.7 Å². The van der Waals surface area contributed by atoms with E-state index in [1.807, 2.05) is 0 Å². The summed E-state index contributed by atoms with van der Waals surface area (Å²) in [5.74, 6) is -0.744. The molecule has 2 aromatic carbocycles. The molecule has 178 valence electrons. The first kappa shape index (κ1) is 23.5. The number of ether oxygens (including phenoxy) is 2. The quantitative estimate of drug-likeness (QED) is 0.474. The van der Waals surface area contributed by atoms with E-state index in [-0.39, 0.29) is 49.1 Å². The molecule has 2 fully saturated rings. The van der Waals surface area contributed by atoms with Crippen molar-refractivity contribution in [3.8, 4) is 5.75 Å². The lowest BCUT2D eigenvalue weighted by Gasteiger charge is -2.19. The third-order valence-corrected chi connectivity index (χ3v) is 6.44. The van der Waals surface area contributed by atoms with E-state index in [0.29, 0.717) is 17.0 Å². The third kappa shape index (κ3) is 5.27. The molecule has 0 aromatic heterocycles. The van der Waals surface area contributed by atoms with E-state index in [4.69, 9.17) is 9.47 Å². The van der Waals surface area contributed by atoms with Crippen molar-refractivity contribution in [2.24, 2.45) is 11.8 Å². The molecule has 0 radical (unpaired) electrons. The van der Waals surface area contributed by atoms with E-state index in [9.17, 15) is 19.2 Å². The summed E-state index contributed by atoms with van der Waals surface area (Å²) in [5, 5.41) is 2.81. The molecule has 1 saturated heterocycles. The fraction of sp³-hybridized carbons (Fsp3) is 0.385. The third-order valence-electron chi connectivity index (χ3n) is 6.44. The van der Waals surface area contributed by atoms with E-state index in [1.54, 1.807) is 55.6 Å². The monoisotopic (exact) mass is 464 g/mol. The van der Waals surface area contributed by atoms with Crippen LogP contribution in [0.4, 0.5) is 5.69 Å². The Balaban J connectivity index is 1.23. The van der Waals surface area contributed by atoms with Crippen LogP contribution in [-0.4, -0.2) is 42.2 Å². The van der Waals surface area contributed by atoms with Gasteiger partial charge in [0.15, 0.2) is 0 Å². The molecule has 2 aromatic rings. The molecule has 1 N–H and O–H groups in total. The molecule has 8 nitrogen and oxygen atoms in total. The summed E-state index contributed by atoms with van der Waals surface area (Å²) >= 11 is 0. The van der Waals surface area contributed by atoms with Crippen LogP contribution in [-0.2, 0) is 25.7 Å². The van der Waals surface area contributed by atoms with Gasteiger partial charge in [0, 0.05) is 17.8 Å². The zero-order chi connectivity index (χ0) is 24.1. The van der Waals surface area contributed by atoms with Gasteiger partial charge >= 0.3 is 5.97 Å². The van der Waals surface area contributed by atoms with Gasteiger partial charge in [0.1, 0.15) is 12.4 Å². The Bertz CT molecular complexity index is 1040. The van der Waals surface area contributed by atoms with E-state index in [0.717, 1.165) is 31.2 Å². The second-order valence-electron chi connectivity index (χ2n) is 8.62. The van der Waals surface area contributed by atoms with Crippen molar-refractivity contribution in [1.29, 1.82) is 0 Å². The molecule has 4 rings (SSSR count). The summed E-state index contributed by atoms with van der Waals surface area (Å²) < 4.78 is 10.4. The summed E-state index contributed by atoms with van der Waals surface area (Å²) in [4.78, 5) is 50.8. The van der Waals surface area contributed by atoms with Crippen LogP contribution in [0.5, 0.6) is 5.75 Å². The van der Waals surface area contributed by atoms with Gasteiger partial charge in [-0.3, -0.25) is 24.1 Å². The molecule has 8 heteroatoms. The number of esters is 1. The van der Waals surface area contributed by atoms with E-state index < -0.39 is 5.97 Å². The number of rotatable bonds is 8. The number of hydrogen-bond acceptors (Lipinski definition) is 6. The molecule has 1 saturated carbocycles. The average Bonchev–Trinajstić information content (AvgIpc) is 3.11. The maximum atomic E-state index is 12.5. The Morgan fingerprint density at radius 1 is 0.941 bits per heavy atom. The van der Waals surface area contributed by atoms with Crippen LogP contribution in [0.1, 0.15) is 48.0 Å². The molecule has 1 heterocycles. The van der Waals surface area contributed by atoms with Crippen LogP contribution in [0.2, 0.25) is 0 Å². The van der Waals surface area contributed by atoms with Gasteiger partial charge in [-0.05, 0) is 54.8 Å². The minimum atomic E-state index is -0.475. The van der Waals surface area contributed by atoms with Gasteiger partial charge in [-0.25, -0.2) is 0 Å². The molecule has 3 amide bonds. The number of amides is 3. The summed E-state index contributed by atoms with van der Waals surface area (Å²) in [6.45, 7) is 0.111. The first-order valence-corrected chi connectivity index (χ1v) is 11.5. The SMILES string of the molecule is COc1ccc(NC(=O)c2ccc(COC(=O)CCN3C(=O)C4CCCCC4C3=O)cc2)cc1. The predicted molar refractivity (Wildman–Crippen MR) is 124 cm³/mol. The van der Waals surface area contributed by atoms with Crippen molar-refractivity contribution in [2.75, 3.05) is 19.0 Å². The van der Waals surface area contributed by atoms with Crippen LogP contribution >= 0.6 is 0 Å². The Morgan fingerprint density at radius 2 is 1.56 bits per heavy atom. The van der Waals surface area contributed by atoms with Crippen LogP contribution in [0.15, 0.2) is 48.5 Å². The first-order valence-electron chi connectivity index (χ1n) is 11.5. The fourth-order valence-electron chi connectivity index (χ4n) is 4.52. The number of nitrogens with one attached hydrogen (secondary N) is 1. The molecule has 1 aliphatic heterocycles. The van der Waals surface area contributed by atoms with Crippen molar-refractivity contribution in [3.05, 3.63) is 59.7 Å². The molecule has 34 heavy (non-hydrogen) atoms. The summed E-state index contributed by atoms with van der Waals surface area (Å²) in [5.41, 5.74) is 1.85. The lowest BCUT2D eigenvalue weighted by atomic mass is 9.81. The number of carbonyl (C=O) groups excluding carboxylic acids is 4. The van der Waals surface area contributed by atoms with E-state index >= 15 is 0 Å². The minimum Gasteiger partial charge on any atom is -0.497 e. The highest BCUT2D eigenvalue weighted by Gasteiger charge is 2.47. The minimum absolute atomic E-state index is 0.0285. The van der Waals surface area contributed by atoms with Crippen LogP contribution < -0.4 is 10.1 Å². The normalized spacial score (nSPS) is 19.5. The second kappa shape index (κ2) is 10.5. The Labute approximate surface area is 198 Å². The molecule has 0 bridgehead atoms. The zero-order valence-corrected chi connectivity index (χ0v) is 19.1. The van der Waals surface area contributed by atoms with Crippen molar-refractivity contribution in [3.63, 3.8) is 0 Å². The van der Waals surface area contributed by atoms with Crippen LogP contribution in [0.25, 0.3) is 0 Å². The highest BCUT2D eigenvalue weighted by Crippen LogP contribution is 2.38. The van der Waals surface area contributed by atoms with Crippen molar-refractivity contribution in [1.82, 2.24) is 4.90 Å². The highest BCUT2D eigenvalue weighted by molar-refractivity contribution is 6.05. The van der Waals surface area contributed by atoms with Crippen LogP contribution in [0.3, 0.4) is 0 Å². The lowest BCUT2D eigenvalue weighted by molar-refractivity contribution is -0.146. The Hall–Kier alpha value is -3.68. The number of anilines is 1.